The summed E-state index contributed by atoms with van der Waals surface area (Å²) in [6, 6.07) is 1.11. The van der Waals surface area contributed by atoms with E-state index in [0.717, 1.165) is 19.4 Å². The highest BCUT2D eigenvalue weighted by Gasteiger charge is 2.36. The molecule has 2 aromatic rings. The summed E-state index contributed by atoms with van der Waals surface area (Å²) < 4.78 is 31.6. The summed E-state index contributed by atoms with van der Waals surface area (Å²) in [7, 11) is 0. The fourth-order valence-corrected chi connectivity index (χ4v) is 4.60. The predicted octanol–water partition coefficient (Wildman–Crippen LogP) is 1.84. The van der Waals surface area contributed by atoms with Gasteiger partial charge in [-0.25, -0.2) is 8.78 Å². The van der Waals surface area contributed by atoms with Crippen molar-refractivity contribution in [1.82, 2.24) is 15.2 Å². The molecule has 6 nitrogen and oxygen atoms in total. The molecule has 4 fully saturated rings. The zero-order valence-electron chi connectivity index (χ0n) is 14.7. The van der Waals surface area contributed by atoms with Crippen molar-refractivity contribution in [2.24, 2.45) is 0 Å². The molecule has 4 aliphatic heterocycles. The Hall–Kier alpha value is -2.48. The molecule has 2 bridgehead atoms. The number of anilines is 1. The first kappa shape index (κ1) is 16.7. The molecule has 0 spiro atoms. The molecule has 27 heavy (non-hydrogen) atoms. The van der Waals surface area contributed by atoms with Gasteiger partial charge >= 0.3 is 0 Å². The van der Waals surface area contributed by atoms with Crippen LogP contribution in [0.2, 0.25) is 0 Å². The molecule has 2 N–H and O–H groups in total. The molecule has 142 valence electrons. The molecule has 4 saturated heterocycles. The van der Waals surface area contributed by atoms with Crippen LogP contribution in [0.15, 0.2) is 18.5 Å². The quantitative estimate of drug-likeness (QED) is 0.788. The van der Waals surface area contributed by atoms with Gasteiger partial charge in [0.05, 0.1) is 5.69 Å². The third-order valence-electron chi connectivity index (χ3n) is 6.06. The Labute approximate surface area is 154 Å². The molecular formula is C19H20F2N4O2. The van der Waals surface area contributed by atoms with E-state index >= 15 is 4.39 Å². The first-order chi connectivity index (χ1) is 13.0. The maximum atomic E-state index is 15.3. The largest absolute Gasteiger partial charge is 0.363 e. The number of imide groups is 1. The second-order valence-electron chi connectivity index (χ2n) is 7.68. The Morgan fingerprint density at radius 2 is 1.89 bits per heavy atom. The zero-order valence-corrected chi connectivity index (χ0v) is 14.7. The van der Waals surface area contributed by atoms with Crippen LogP contribution in [-0.4, -0.2) is 41.6 Å². The van der Waals surface area contributed by atoms with Gasteiger partial charge in [0.15, 0.2) is 5.82 Å². The van der Waals surface area contributed by atoms with Gasteiger partial charge in [0.2, 0.25) is 11.8 Å². The van der Waals surface area contributed by atoms with E-state index in [4.69, 9.17) is 0 Å². The molecule has 2 amide bonds. The van der Waals surface area contributed by atoms with Crippen molar-refractivity contribution in [2.45, 2.75) is 43.8 Å². The number of fused-ring (bicyclic) bond motifs is 4. The number of hydrogen-bond acceptors (Lipinski definition) is 4. The molecule has 0 saturated carbocycles. The average molecular weight is 374 g/mol. The maximum absolute atomic E-state index is 15.3. The number of carbonyl (C=O) groups excluding carboxylic acids is 2. The molecule has 5 heterocycles. The van der Waals surface area contributed by atoms with Gasteiger partial charge in [0.1, 0.15) is 11.9 Å². The van der Waals surface area contributed by atoms with Crippen LogP contribution in [0.5, 0.6) is 0 Å². The third-order valence-corrected chi connectivity index (χ3v) is 6.06. The van der Waals surface area contributed by atoms with Crippen molar-refractivity contribution in [2.75, 3.05) is 18.0 Å². The van der Waals surface area contributed by atoms with Gasteiger partial charge < -0.3 is 14.8 Å². The first-order valence-corrected chi connectivity index (χ1v) is 9.34. The number of aromatic nitrogens is 1. The number of halogens is 2. The van der Waals surface area contributed by atoms with Crippen LogP contribution >= 0.6 is 0 Å². The van der Waals surface area contributed by atoms with Crippen LogP contribution < -0.4 is 15.5 Å². The monoisotopic (exact) mass is 374 g/mol. The second-order valence-corrected chi connectivity index (χ2v) is 7.68. The Bertz CT molecular complexity index is 949. The van der Waals surface area contributed by atoms with Crippen LogP contribution in [0.3, 0.4) is 0 Å². The van der Waals surface area contributed by atoms with E-state index in [2.05, 4.69) is 10.6 Å². The Morgan fingerprint density at radius 3 is 2.56 bits per heavy atom. The van der Waals surface area contributed by atoms with E-state index in [1.807, 2.05) is 4.90 Å². The Balaban J connectivity index is 1.55. The lowest BCUT2D eigenvalue weighted by molar-refractivity contribution is -0.135. The normalized spacial score (nSPS) is 28.1. The molecule has 8 heteroatoms. The fraction of sp³-hybridized carbons (Fsp3) is 0.474. The van der Waals surface area contributed by atoms with Gasteiger partial charge in [-0.15, -0.1) is 0 Å². The van der Waals surface area contributed by atoms with Crippen LogP contribution in [-0.2, 0) is 9.59 Å². The summed E-state index contributed by atoms with van der Waals surface area (Å²) in [6.45, 7) is 1.45. The van der Waals surface area contributed by atoms with Gasteiger partial charge in [-0.2, -0.15) is 0 Å². The van der Waals surface area contributed by atoms with E-state index in [9.17, 15) is 14.0 Å². The van der Waals surface area contributed by atoms with Crippen molar-refractivity contribution >= 4 is 28.3 Å². The average Bonchev–Trinajstić information content (AvgIpc) is 3.11. The van der Waals surface area contributed by atoms with Gasteiger partial charge in [0, 0.05) is 60.8 Å². The molecule has 1 aromatic heterocycles. The van der Waals surface area contributed by atoms with Crippen molar-refractivity contribution in [3.05, 3.63) is 30.1 Å². The highest BCUT2D eigenvalue weighted by Crippen LogP contribution is 2.36. The molecule has 3 unspecified atom stereocenters. The molecule has 0 radical (unpaired) electrons. The predicted molar refractivity (Wildman–Crippen MR) is 95.4 cm³/mol. The number of piperazine rings is 1. The third kappa shape index (κ3) is 2.62. The lowest BCUT2D eigenvalue weighted by Gasteiger charge is -2.47. The smallest absolute Gasteiger partial charge is 0.249 e. The minimum Gasteiger partial charge on any atom is -0.363 e. The van der Waals surface area contributed by atoms with Crippen LogP contribution in [0.1, 0.15) is 31.7 Å². The standard InChI is InChI=1S/C19H20F2N4O2/c20-14-5-16(25-7-10-1-2-11(25)6-22-10)18(21)13-9-24(8-12(13)14)15-3-4-17(26)23-19(15)27/h5,8-11,15,22H,1-4,6-7H2,(H,23,26,27). The summed E-state index contributed by atoms with van der Waals surface area (Å²) in [5.74, 6) is -1.71. The lowest BCUT2D eigenvalue weighted by atomic mass is 9.92. The second kappa shape index (κ2) is 6.02. The first-order valence-electron chi connectivity index (χ1n) is 9.34. The number of amides is 2. The van der Waals surface area contributed by atoms with E-state index < -0.39 is 23.6 Å². The topological polar surface area (TPSA) is 66.4 Å². The number of nitrogens with zero attached hydrogens (tertiary/aromatic N) is 2. The van der Waals surface area contributed by atoms with E-state index in [1.165, 1.54) is 23.0 Å². The van der Waals surface area contributed by atoms with Gasteiger partial charge in [-0.05, 0) is 19.3 Å². The molecular weight excluding hydrogens is 354 g/mol. The van der Waals surface area contributed by atoms with Gasteiger partial charge in [-0.3, -0.25) is 14.9 Å². The highest BCUT2D eigenvalue weighted by atomic mass is 19.1. The molecule has 1 aromatic carbocycles. The Kier molecular flexibility index (Phi) is 3.72. The minimum atomic E-state index is -0.632. The highest BCUT2D eigenvalue weighted by molar-refractivity contribution is 6.00. The Morgan fingerprint density at radius 1 is 1.07 bits per heavy atom. The van der Waals surface area contributed by atoms with E-state index in [-0.39, 0.29) is 34.8 Å². The van der Waals surface area contributed by atoms with Crippen molar-refractivity contribution in [3.63, 3.8) is 0 Å². The summed E-state index contributed by atoms with van der Waals surface area (Å²) in [4.78, 5) is 25.4. The fourth-order valence-electron chi connectivity index (χ4n) is 4.60. The summed E-state index contributed by atoms with van der Waals surface area (Å²) in [5.41, 5.74) is 0.289. The molecule has 0 aliphatic carbocycles. The van der Waals surface area contributed by atoms with Gasteiger partial charge in [0.25, 0.3) is 0 Å². The van der Waals surface area contributed by atoms with Crippen molar-refractivity contribution < 1.29 is 18.4 Å². The summed E-state index contributed by atoms with van der Waals surface area (Å²) in [5, 5.41) is 6.02. The van der Waals surface area contributed by atoms with E-state index in [1.54, 1.807) is 0 Å². The number of rotatable bonds is 2. The van der Waals surface area contributed by atoms with Gasteiger partial charge in [-0.1, -0.05) is 0 Å². The van der Waals surface area contributed by atoms with Crippen LogP contribution in [0.4, 0.5) is 14.5 Å². The number of benzene rings is 1. The SMILES string of the molecule is O=C1CCC(n2cc3c(F)cc(N4CC5CCC4CN5)c(F)c3c2)C(=O)N1. The molecule has 3 atom stereocenters. The number of nitrogens with one attached hydrogen (secondary N) is 2. The van der Waals surface area contributed by atoms with Crippen molar-refractivity contribution in [1.29, 1.82) is 0 Å². The molecule has 6 rings (SSSR count). The number of piperidine rings is 3. The maximum Gasteiger partial charge on any atom is 0.249 e. The van der Waals surface area contributed by atoms with Crippen molar-refractivity contribution in [3.8, 4) is 0 Å². The molecule has 4 aliphatic rings. The summed E-state index contributed by atoms with van der Waals surface area (Å²) in [6.07, 6.45) is 5.50. The van der Waals surface area contributed by atoms with E-state index in [0.29, 0.717) is 19.0 Å². The number of carbonyl (C=O) groups is 2. The minimum absolute atomic E-state index is 0.154. The van der Waals surface area contributed by atoms with Crippen LogP contribution in [0.25, 0.3) is 10.8 Å². The van der Waals surface area contributed by atoms with Crippen LogP contribution in [0, 0.1) is 11.6 Å². The number of hydrogen-bond donors (Lipinski definition) is 2. The lowest BCUT2D eigenvalue weighted by Crippen LogP contribution is -2.61. The zero-order chi connectivity index (χ0) is 18.7. The summed E-state index contributed by atoms with van der Waals surface area (Å²) >= 11 is 0.